The molecule has 2 aliphatic heterocycles. The lowest BCUT2D eigenvalue weighted by atomic mass is 9.83. The van der Waals surface area contributed by atoms with Crippen molar-refractivity contribution in [2.45, 2.75) is 37.1 Å². The van der Waals surface area contributed by atoms with E-state index in [0.717, 1.165) is 28.2 Å². The van der Waals surface area contributed by atoms with E-state index in [-0.39, 0.29) is 5.82 Å². The summed E-state index contributed by atoms with van der Waals surface area (Å²) in [7, 11) is -3.56. The van der Waals surface area contributed by atoms with E-state index in [1.54, 1.807) is 16.4 Å². The fourth-order valence-electron chi connectivity index (χ4n) is 4.84. The zero-order chi connectivity index (χ0) is 21.1. The Morgan fingerprint density at radius 1 is 1.03 bits per heavy atom. The number of nitrogens with zero attached hydrogens (tertiary/aromatic N) is 2. The lowest BCUT2D eigenvalue weighted by molar-refractivity contribution is 0.247. The largest absolute Gasteiger partial charge is 0.372 e. The van der Waals surface area contributed by atoms with E-state index in [1.807, 2.05) is 38.2 Å². The van der Waals surface area contributed by atoms with Gasteiger partial charge in [-0.15, -0.1) is 0 Å². The highest BCUT2D eigenvalue weighted by molar-refractivity contribution is 7.89. The van der Waals surface area contributed by atoms with Gasteiger partial charge < -0.3 is 9.88 Å². The molecular formula is C23H24FN3O2S. The number of hydrogen-bond donors (Lipinski definition) is 1. The van der Waals surface area contributed by atoms with Crippen LogP contribution in [0.2, 0.25) is 0 Å². The molecular weight excluding hydrogens is 401 g/mol. The van der Waals surface area contributed by atoms with Crippen LogP contribution < -0.4 is 5.32 Å². The molecule has 3 aromatic rings. The van der Waals surface area contributed by atoms with E-state index in [4.69, 9.17) is 0 Å². The topological polar surface area (TPSA) is 54.3 Å². The molecule has 0 radical (unpaired) electrons. The van der Waals surface area contributed by atoms with E-state index >= 15 is 0 Å². The number of fused-ring (bicyclic) bond motifs is 4. The molecule has 2 aliphatic rings. The molecule has 1 spiro atoms. The van der Waals surface area contributed by atoms with Crippen LogP contribution in [0.1, 0.15) is 29.7 Å². The van der Waals surface area contributed by atoms with Crippen molar-refractivity contribution in [3.05, 3.63) is 77.4 Å². The van der Waals surface area contributed by atoms with Crippen molar-refractivity contribution in [1.29, 1.82) is 0 Å². The molecule has 0 saturated carbocycles. The fraction of sp³-hybridized carbons (Fsp3) is 0.304. The maximum absolute atomic E-state index is 13.9. The van der Waals surface area contributed by atoms with Gasteiger partial charge in [0.25, 0.3) is 0 Å². The maximum atomic E-state index is 13.9. The van der Waals surface area contributed by atoms with E-state index in [1.165, 1.54) is 12.1 Å². The van der Waals surface area contributed by atoms with Crippen molar-refractivity contribution in [3.63, 3.8) is 0 Å². The summed E-state index contributed by atoms with van der Waals surface area (Å²) >= 11 is 0. The Morgan fingerprint density at radius 2 is 1.80 bits per heavy atom. The predicted molar refractivity (Wildman–Crippen MR) is 115 cm³/mol. The van der Waals surface area contributed by atoms with Crippen LogP contribution in [0, 0.1) is 19.7 Å². The molecule has 5 nitrogen and oxygen atoms in total. The van der Waals surface area contributed by atoms with Gasteiger partial charge in [0.15, 0.2) is 0 Å². The molecule has 3 heterocycles. The van der Waals surface area contributed by atoms with Gasteiger partial charge in [0.1, 0.15) is 5.82 Å². The number of benzene rings is 2. The molecule has 156 valence electrons. The third kappa shape index (κ3) is 2.87. The molecule has 1 N–H and O–H groups in total. The smallest absolute Gasteiger partial charge is 0.243 e. The number of anilines is 1. The Bertz CT molecular complexity index is 1240. The van der Waals surface area contributed by atoms with Crippen LogP contribution in [0.25, 0.3) is 5.69 Å². The summed E-state index contributed by atoms with van der Waals surface area (Å²) in [5.74, 6) is -0.290. The molecule has 0 atom stereocenters. The Labute approximate surface area is 176 Å². The summed E-state index contributed by atoms with van der Waals surface area (Å²) in [4.78, 5) is 0.372. The Morgan fingerprint density at radius 3 is 2.53 bits per heavy atom. The molecule has 0 aliphatic carbocycles. The molecule has 0 amide bonds. The van der Waals surface area contributed by atoms with Gasteiger partial charge in [-0.2, -0.15) is 4.31 Å². The molecule has 30 heavy (non-hydrogen) atoms. The third-order valence-corrected chi connectivity index (χ3v) is 8.41. The van der Waals surface area contributed by atoms with Crippen LogP contribution >= 0.6 is 0 Å². The third-order valence-electron chi connectivity index (χ3n) is 6.36. The minimum Gasteiger partial charge on any atom is -0.372 e. The number of hydrogen-bond acceptors (Lipinski definition) is 3. The number of sulfonamides is 1. The Hall–Kier alpha value is -2.64. The van der Waals surface area contributed by atoms with Gasteiger partial charge in [-0.3, -0.25) is 0 Å². The fourth-order valence-corrected chi connectivity index (χ4v) is 6.49. The highest BCUT2D eigenvalue weighted by Gasteiger charge is 2.44. The average molecular weight is 426 g/mol. The maximum Gasteiger partial charge on any atom is 0.243 e. The average Bonchev–Trinajstić information content (AvgIpc) is 3.19. The highest BCUT2D eigenvalue weighted by Crippen LogP contribution is 2.44. The van der Waals surface area contributed by atoms with Gasteiger partial charge in [0.2, 0.25) is 10.0 Å². The normalized spacial score (nSPS) is 18.0. The van der Waals surface area contributed by atoms with Gasteiger partial charge in [0.05, 0.1) is 21.8 Å². The van der Waals surface area contributed by atoms with Gasteiger partial charge in [-0.05, 0) is 68.7 Å². The van der Waals surface area contributed by atoms with Gasteiger partial charge in [-0.1, -0.05) is 17.7 Å². The summed E-state index contributed by atoms with van der Waals surface area (Å²) in [6.07, 6.45) is 3.20. The van der Waals surface area contributed by atoms with Gasteiger partial charge in [-0.25, -0.2) is 12.8 Å². The first-order valence-corrected chi connectivity index (χ1v) is 11.6. The quantitative estimate of drug-likeness (QED) is 0.665. The lowest BCUT2D eigenvalue weighted by Crippen LogP contribution is -2.51. The van der Waals surface area contributed by atoms with E-state index in [2.05, 4.69) is 16.0 Å². The van der Waals surface area contributed by atoms with Crippen LogP contribution in [0.4, 0.5) is 10.1 Å². The van der Waals surface area contributed by atoms with E-state index < -0.39 is 15.6 Å². The molecule has 1 fully saturated rings. The van der Waals surface area contributed by atoms with Crippen LogP contribution in [-0.4, -0.2) is 30.4 Å². The highest BCUT2D eigenvalue weighted by atomic mass is 32.2. The number of rotatable bonds is 2. The SMILES string of the molecule is Cc1ccc(S(=O)(=O)N2CCC3(CC2)Nc2cc(F)ccc2-n2cccc23)c(C)c1. The summed E-state index contributed by atoms with van der Waals surface area (Å²) in [5, 5.41) is 3.54. The molecule has 7 heteroatoms. The molecule has 2 aromatic carbocycles. The Kier molecular flexibility index (Phi) is 4.31. The van der Waals surface area contributed by atoms with Crippen molar-refractivity contribution >= 4 is 15.7 Å². The number of aryl methyl sites for hydroxylation is 2. The van der Waals surface area contributed by atoms with Crippen LogP contribution in [0.15, 0.2) is 59.6 Å². The zero-order valence-electron chi connectivity index (χ0n) is 17.0. The Balaban J connectivity index is 1.46. The second-order valence-electron chi connectivity index (χ2n) is 8.31. The predicted octanol–water partition coefficient (Wildman–Crippen LogP) is 4.34. The minimum absolute atomic E-state index is 0.290. The van der Waals surface area contributed by atoms with Gasteiger partial charge >= 0.3 is 0 Å². The first kappa shape index (κ1) is 19.3. The van der Waals surface area contributed by atoms with E-state index in [9.17, 15) is 12.8 Å². The first-order chi connectivity index (χ1) is 14.3. The standard InChI is InChI=1S/C23H24FN3O2S/c1-16-5-8-21(17(2)14-16)30(28,29)26-12-9-23(10-13-26)22-4-3-11-27(22)20-7-6-18(24)15-19(20)25-23/h3-8,11,14-15,25H,9-10,12-13H2,1-2H3. The zero-order valence-corrected chi connectivity index (χ0v) is 17.8. The summed E-state index contributed by atoms with van der Waals surface area (Å²) in [6, 6.07) is 14.2. The summed E-state index contributed by atoms with van der Waals surface area (Å²) < 4.78 is 44.1. The minimum atomic E-state index is -3.56. The molecule has 5 rings (SSSR count). The molecule has 1 saturated heterocycles. The van der Waals surface area contributed by atoms with Crippen LogP contribution in [-0.2, 0) is 15.6 Å². The number of piperidine rings is 1. The first-order valence-electron chi connectivity index (χ1n) is 10.1. The molecule has 0 bridgehead atoms. The lowest BCUT2D eigenvalue weighted by Gasteiger charge is -2.46. The van der Waals surface area contributed by atoms with Crippen molar-refractivity contribution in [2.75, 3.05) is 18.4 Å². The van der Waals surface area contributed by atoms with Crippen molar-refractivity contribution in [2.24, 2.45) is 0 Å². The van der Waals surface area contributed by atoms with Crippen LogP contribution in [0.3, 0.4) is 0 Å². The number of aromatic nitrogens is 1. The monoisotopic (exact) mass is 425 g/mol. The van der Waals surface area contributed by atoms with E-state index in [0.29, 0.717) is 30.8 Å². The number of nitrogens with one attached hydrogen (secondary N) is 1. The van der Waals surface area contributed by atoms with Crippen molar-refractivity contribution in [3.8, 4) is 5.69 Å². The van der Waals surface area contributed by atoms with Crippen molar-refractivity contribution in [1.82, 2.24) is 8.87 Å². The second-order valence-corrected chi connectivity index (χ2v) is 10.2. The second kappa shape index (κ2) is 6.68. The van der Waals surface area contributed by atoms with Gasteiger partial charge in [0, 0.05) is 25.0 Å². The summed E-state index contributed by atoms with van der Waals surface area (Å²) in [6.45, 7) is 4.60. The molecule has 1 aromatic heterocycles. The number of halogens is 1. The summed E-state index contributed by atoms with van der Waals surface area (Å²) in [5.41, 5.74) is 4.13. The van der Waals surface area contributed by atoms with Crippen LogP contribution in [0.5, 0.6) is 0 Å². The molecule has 0 unspecified atom stereocenters. The van der Waals surface area contributed by atoms with Crippen molar-refractivity contribution < 1.29 is 12.8 Å².